The summed E-state index contributed by atoms with van der Waals surface area (Å²) in [6.45, 7) is 5.16. The maximum atomic E-state index is 11.5. The Bertz CT molecular complexity index is 440. The van der Waals surface area contributed by atoms with Crippen LogP contribution in [-0.4, -0.2) is 28.6 Å². The van der Waals surface area contributed by atoms with Crippen molar-refractivity contribution in [3.8, 4) is 0 Å². The monoisotopic (exact) mass is 223 g/mol. The molecule has 0 fully saturated rings. The van der Waals surface area contributed by atoms with Crippen LogP contribution >= 0.6 is 0 Å². The van der Waals surface area contributed by atoms with E-state index in [0.717, 1.165) is 0 Å². The first-order valence-electron chi connectivity index (χ1n) is 4.86. The average molecular weight is 223 g/mol. The molecule has 5 heteroatoms. The van der Waals surface area contributed by atoms with E-state index in [9.17, 15) is 9.59 Å². The minimum Gasteiger partial charge on any atom is -0.478 e. The van der Waals surface area contributed by atoms with Crippen molar-refractivity contribution in [3.63, 3.8) is 0 Å². The van der Waals surface area contributed by atoms with Gasteiger partial charge in [-0.3, -0.25) is 4.98 Å². The number of esters is 1. The van der Waals surface area contributed by atoms with Gasteiger partial charge in [0.15, 0.2) is 0 Å². The summed E-state index contributed by atoms with van der Waals surface area (Å²) in [5.74, 6) is -1.65. The topological polar surface area (TPSA) is 76.5 Å². The second kappa shape index (κ2) is 4.74. The molecule has 5 nitrogen and oxygen atoms in total. The summed E-state index contributed by atoms with van der Waals surface area (Å²) in [5, 5.41) is 8.90. The summed E-state index contributed by atoms with van der Waals surface area (Å²) in [4.78, 5) is 26.4. The second-order valence-corrected chi connectivity index (χ2v) is 3.28. The molecule has 1 rings (SSSR count). The Morgan fingerprint density at radius 3 is 2.38 bits per heavy atom. The lowest BCUT2D eigenvalue weighted by Gasteiger charge is -2.07. The molecular weight excluding hydrogens is 210 g/mol. The van der Waals surface area contributed by atoms with Gasteiger partial charge in [-0.25, -0.2) is 9.59 Å². The van der Waals surface area contributed by atoms with E-state index in [-0.39, 0.29) is 17.7 Å². The highest BCUT2D eigenvalue weighted by atomic mass is 16.5. The predicted octanol–water partition coefficient (Wildman–Crippen LogP) is 1.57. The number of nitrogens with zero attached hydrogens (tertiary/aromatic N) is 1. The van der Waals surface area contributed by atoms with Gasteiger partial charge in [-0.1, -0.05) is 0 Å². The molecule has 0 unspecified atom stereocenters. The molecular formula is C11H13NO4. The molecule has 0 aliphatic heterocycles. The molecule has 0 aliphatic carbocycles. The molecule has 0 bridgehead atoms. The van der Waals surface area contributed by atoms with Gasteiger partial charge in [0.05, 0.1) is 29.1 Å². The molecule has 1 heterocycles. The molecule has 0 radical (unpaired) electrons. The quantitative estimate of drug-likeness (QED) is 0.787. The van der Waals surface area contributed by atoms with Gasteiger partial charge >= 0.3 is 11.9 Å². The zero-order valence-electron chi connectivity index (χ0n) is 9.40. The maximum Gasteiger partial charge on any atom is 0.339 e. The normalized spacial score (nSPS) is 9.94. The number of carbonyl (C=O) groups is 2. The van der Waals surface area contributed by atoms with E-state index in [4.69, 9.17) is 9.84 Å². The minimum absolute atomic E-state index is 0.0219. The summed E-state index contributed by atoms with van der Waals surface area (Å²) < 4.78 is 4.81. The highest BCUT2D eigenvalue weighted by molar-refractivity contribution is 5.95. The summed E-state index contributed by atoms with van der Waals surface area (Å²) in [7, 11) is 0. The van der Waals surface area contributed by atoms with Gasteiger partial charge in [-0.05, 0) is 26.8 Å². The van der Waals surface area contributed by atoms with E-state index in [2.05, 4.69) is 4.98 Å². The fourth-order valence-corrected chi connectivity index (χ4v) is 1.36. The summed E-state index contributed by atoms with van der Waals surface area (Å²) in [6.07, 6.45) is 0. The number of aryl methyl sites for hydroxylation is 2. The van der Waals surface area contributed by atoms with Crippen molar-refractivity contribution in [2.24, 2.45) is 0 Å². The Hall–Kier alpha value is -1.91. The first-order chi connectivity index (χ1) is 7.47. The number of hydrogen-bond donors (Lipinski definition) is 1. The third-order valence-corrected chi connectivity index (χ3v) is 2.13. The fourth-order valence-electron chi connectivity index (χ4n) is 1.36. The Labute approximate surface area is 93.1 Å². The standard InChI is InChI=1S/C11H13NO4/c1-4-16-11(15)9-5-8(10(13)14)6(2)12-7(9)3/h5H,4H2,1-3H3,(H,13,14). The lowest BCUT2D eigenvalue weighted by Crippen LogP contribution is -2.12. The summed E-state index contributed by atoms with van der Waals surface area (Å²) in [6, 6.07) is 1.30. The van der Waals surface area contributed by atoms with Crippen LogP contribution in [-0.2, 0) is 4.74 Å². The number of ether oxygens (including phenoxy) is 1. The van der Waals surface area contributed by atoms with Crippen molar-refractivity contribution in [2.45, 2.75) is 20.8 Å². The van der Waals surface area contributed by atoms with Crippen LogP contribution in [0.3, 0.4) is 0 Å². The number of aromatic carboxylic acids is 1. The van der Waals surface area contributed by atoms with Crippen molar-refractivity contribution in [3.05, 3.63) is 28.6 Å². The number of hydrogen-bond acceptors (Lipinski definition) is 4. The van der Waals surface area contributed by atoms with Gasteiger partial charge in [0.2, 0.25) is 0 Å². The second-order valence-electron chi connectivity index (χ2n) is 3.28. The Kier molecular flexibility index (Phi) is 3.60. The van der Waals surface area contributed by atoms with Crippen LogP contribution in [0.5, 0.6) is 0 Å². The first-order valence-corrected chi connectivity index (χ1v) is 4.86. The van der Waals surface area contributed by atoms with Gasteiger partial charge in [0.1, 0.15) is 0 Å². The lowest BCUT2D eigenvalue weighted by molar-refractivity contribution is 0.0525. The number of rotatable bonds is 3. The number of aromatic nitrogens is 1. The van der Waals surface area contributed by atoms with Gasteiger partial charge in [0, 0.05) is 0 Å². The predicted molar refractivity (Wildman–Crippen MR) is 56.6 cm³/mol. The molecule has 0 amide bonds. The molecule has 0 atom stereocenters. The zero-order valence-corrected chi connectivity index (χ0v) is 9.40. The van der Waals surface area contributed by atoms with Crippen LogP contribution in [0.25, 0.3) is 0 Å². The van der Waals surface area contributed by atoms with Crippen molar-refractivity contribution >= 4 is 11.9 Å². The van der Waals surface area contributed by atoms with Gasteiger partial charge < -0.3 is 9.84 Å². The zero-order chi connectivity index (χ0) is 12.3. The Morgan fingerprint density at radius 2 is 1.88 bits per heavy atom. The van der Waals surface area contributed by atoms with E-state index in [1.165, 1.54) is 6.07 Å². The van der Waals surface area contributed by atoms with Crippen LogP contribution in [0, 0.1) is 13.8 Å². The Balaban J connectivity index is 3.24. The third-order valence-electron chi connectivity index (χ3n) is 2.13. The van der Waals surface area contributed by atoms with Gasteiger partial charge in [0.25, 0.3) is 0 Å². The van der Waals surface area contributed by atoms with E-state index in [1.807, 2.05) is 0 Å². The van der Waals surface area contributed by atoms with E-state index < -0.39 is 11.9 Å². The van der Waals surface area contributed by atoms with Crippen LogP contribution in [0.1, 0.15) is 39.0 Å². The van der Waals surface area contributed by atoms with Crippen molar-refractivity contribution in [2.75, 3.05) is 6.61 Å². The van der Waals surface area contributed by atoms with Crippen molar-refractivity contribution in [1.82, 2.24) is 4.98 Å². The highest BCUT2D eigenvalue weighted by Gasteiger charge is 2.17. The number of carboxylic acids is 1. The Morgan fingerprint density at radius 1 is 1.31 bits per heavy atom. The van der Waals surface area contributed by atoms with E-state index in [1.54, 1.807) is 20.8 Å². The molecule has 1 N–H and O–H groups in total. The molecule has 0 spiro atoms. The SMILES string of the molecule is CCOC(=O)c1cc(C(=O)O)c(C)nc1C. The molecule has 0 saturated heterocycles. The molecule has 86 valence electrons. The first kappa shape index (κ1) is 12.2. The molecule has 0 saturated carbocycles. The average Bonchev–Trinajstić information content (AvgIpc) is 2.17. The van der Waals surface area contributed by atoms with E-state index in [0.29, 0.717) is 11.4 Å². The fraction of sp³-hybridized carbons (Fsp3) is 0.364. The molecule has 1 aromatic heterocycles. The lowest BCUT2D eigenvalue weighted by atomic mass is 10.1. The highest BCUT2D eigenvalue weighted by Crippen LogP contribution is 2.13. The number of pyridine rings is 1. The maximum absolute atomic E-state index is 11.5. The van der Waals surface area contributed by atoms with Crippen LogP contribution in [0.4, 0.5) is 0 Å². The summed E-state index contributed by atoms with van der Waals surface area (Å²) >= 11 is 0. The van der Waals surface area contributed by atoms with Gasteiger partial charge in [-0.15, -0.1) is 0 Å². The van der Waals surface area contributed by atoms with Crippen LogP contribution in [0.15, 0.2) is 6.07 Å². The molecule has 0 aromatic carbocycles. The molecule has 1 aromatic rings. The largest absolute Gasteiger partial charge is 0.478 e. The number of carboxylic acid groups (broad SMARTS) is 1. The van der Waals surface area contributed by atoms with Crippen molar-refractivity contribution in [1.29, 1.82) is 0 Å². The smallest absolute Gasteiger partial charge is 0.339 e. The number of carbonyl (C=O) groups excluding carboxylic acids is 1. The third kappa shape index (κ3) is 2.36. The minimum atomic E-state index is -1.10. The summed E-state index contributed by atoms with van der Waals surface area (Å²) in [5.41, 5.74) is 1.08. The van der Waals surface area contributed by atoms with Crippen molar-refractivity contribution < 1.29 is 19.4 Å². The molecule has 16 heavy (non-hydrogen) atoms. The van der Waals surface area contributed by atoms with Crippen LogP contribution in [0.2, 0.25) is 0 Å². The van der Waals surface area contributed by atoms with Crippen LogP contribution < -0.4 is 0 Å². The van der Waals surface area contributed by atoms with E-state index >= 15 is 0 Å². The molecule has 0 aliphatic rings. The van der Waals surface area contributed by atoms with Gasteiger partial charge in [-0.2, -0.15) is 0 Å².